The molecule has 0 aromatic heterocycles. The molecule has 7 nitrogen and oxygen atoms in total. The summed E-state index contributed by atoms with van der Waals surface area (Å²) in [7, 11) is 3.53. The summed E-state index contributed by atoms with van der Waals surface area (Å²) in [6.45, 7) is 3.40. The molecular formula is C14H25N3O4. The number of urea groups is 1. The van der Waals surface area contributed by atoms with E-state index in [-0.39, 0.29) is 18.5 Å². The lowest BCUT2D eigenvalue weighted by Crippen LogP contribution is -2.55. The van der Waals surface area contributed by atoms with Crippen molar-refractivity contribution in [1.29, 1.82) is 0 Å². The number of carbonyl (C=O) groups is 2. The number of hydrogen-bond donors (Lipinski definition) is 1. The van der Waals surface area contributed by atoms with Gasteiger partial charge < -0.3 is 19.6 Å². The van der Waals surface area contributed by atoms with Crippen molar-refractivity contribution in [3.63, 3.8) is 0 Å². The maximum absolute atomic E-state index is 11.9. The quantitative estimate of drug-likeness (QED) is 0.812. The van der Waals surface area contributed by atoms with Crippen LogP contribution in [0.1, 0.15) is 19.3 Å². The number of carboxylic acid groups (broad SMARTS) is 1. The number of aliphatic carboxylic acids is 1. The molecule has 0 aliphatic carbocycles. The van der Waals surface area contributed by atoms with Crippen molar-refractivity contribution in [2.24, 2.45) is 0 Å². The Hall–Kier alpha value is -1.34. The van der Waals surface area contributed by atoms with Crippen LogP contribution in [0.5, 0.6) is 0 Å². The average molecular weight is 299 g/mol. The summed E-state index contributed by atoms with van der Waals surface area (Å²) in [5, 5.41) is 9.02. The number of nitrogens with zero attached hydrogens (tertiary/aromatic N) is 3. The van der Waals surface area contributed by atoms with E-state index in [1.165, 1.54) is 0 Å². The number of morpholine rings is 1. The molecule has 2 aliphatic rings. The number of hydrogen-bond acceptors (Lipinski definition) is 4. The van der Waals surface area contributed by atoms with Crippen LogP contribution in [0.4, 0.5) is 4.79 Å². The minimum atomic E-state index is -0.782. The van der Waals surface area contributed by atoms with E-state index in [0.29, 0.717) is 19.3 Å². The summed E-state index contributed by atoms with van der Waals surface area (Å²) in [6.07, 6.45) is 1.92. The van der Waals surface area contributed by atoms with E-state index in [1.54, 1.807) is 19.0 Å². The number of carbonyl (C=O) groups excluding carboxylic acids is 1. The van der Waals surface area contributed by atoms with E-state index in [2.05, 4.69) is 4.90 Å². The summed E-state index contributed by atoms with van der Waals surface area (Å²) in [4.78, 5) is 28.6. The molecule has 0 bridgehead atoms. The molecule has 2 heterocycles. The molecule has 2 aliphatic heterocycles. The smallest absolute Gasteiger partial charge is 0.319 e. The van der Waals surface area contributed by atoms with Crippen LogP contribution in [-0.2, 0) is 9.53 Å². The summed E-state index contributed by atoms with van der Waals surface area (Å²) < 4.78 is 5.42. The number of likely N-dealkylation sites (tertiary alicyclic amines) is 1. The van der Waals surface area contributed by atoms with Crippen LogP contribution in [0, 0.1) is 0 Å². The minimum Gasteiger partial charge on any atom is -0.481 e. The molecule has 1 atom stereocenters. The summed E-state index contributed by atoms with van der Waals surface area (Å²) in [5.41, 5.74) is 0. The molecule has 0 saturated carbocycles. The van der Waals surface area contributed by atoms with Gasteiger partial charge in [-0.05, 0) is 12.8 Å². The first kappa shape index (κ1) is 16.0. The lowest BCUT2D eigenvalue weighted by atomic mass is 9.99. The number of amides is 2. The molecule has 2 saturated heterocycles. The SMILES string of the molecule is CN(C)C(=O)N1CCC(N2CCOCC2CC(=O)O)CC1. The first-order valence-electron chi connectivity index (χ1n) is 7.50. The summed E-state index contributed by atoms with van der Waals surface area (Å²) in [6, 6.07) is 0.360. The molecule has 0 spiro atoms. The van der Waals surface area contributed by atoms with Gasteiger partial charge in [0.2, 0.25) is 0 Å². The molecule has 0 radical (unpaired) electrons. The van der Waals surface area contributed by atoms with E-state index in [9.17, 15) is 9.59 Å². The van der Waals surface area contributed by atoms with E-state index >= 15 is 0 Å². The highest BCUT2D eigenvalue weighted by Crippen LogP contribution is 2.22. The molecule has 2 rings (SSSR count). The van der Waals surface area contributed by atoms with Gasteiger partial charge in [0.1, 0.15) is 0 Å². The maximum Gasteiger partial charge on any atom is 0.319 e. The zero-order valence-corrected chi connectivity index (χ0v) is 12.8. The highest BCUT2D eigenvalue weighted by molar-refractivity contribution is 5.73. The van der Waals surface area contributed by atoms with Gasteiger partial charge >= 0.3 is 12.0 Å². The summed E-state index contributed by atoms with van der Waals surface area (Å²) in [5.74, 6) is -0.782. The van der Waals surface area contributed by atoms with Crippen LogP contribution in [-0.4, -0.2) is 90.8 Å². The van der Waals surface area contributed by atoms with Gasteiger partial charge in [-0.2, -0.15) is 0 Å². The van der Waals surface area contributed by atoms with Gasteiger partial charge in [-0.1, -0.05) is 0 Å². The van der Waals surface area contributed by atoms with Crippen LogP contribution in [0.15, 0.2) is 0 Å². The van der Waals surface area contributed by atoms with Crippen molar-refractivity contribution in [1.82, 2.24) is 14.7 Å². The number of carboxylic acids is 1. The minimum absolute atomic E-state index is 0.0441. The predicted molar refractivity (Wildman–Crippen MR) is 77.2 cm³/mol. The van der Waals surface area contributed by atoms with Gasteiger partial charge in [-0.3, -0.25) is 9.69 Å². The molecule has 0 aromatic carbocycles. The molecule has 21 heavy (non-hydrogen) atoms. The largest absolute Gasteiger partial charge is 0.481 e. The maximum atomic E-state index is 11.9. The third kappa shape index (κ3) is 4.07. The predicted octanol–water partition coefficient (Wildman–Crippen LogP) is 0.308. The van der Waals surface area contributed by atoms with Gasteiger partial charge in [0, 0.05) is 45.8 Å². The third-order valence-electron chi connectivity index (χ3n) is 4.27. The first-order chi connectivity index (χ1) is 9.99. The van der Waals surface area contributed by atoms with Crippen LogP contribution in [0.2, 0.25) is 0 Å². The highest BCUT2D eigenvalue weighted by atomic mass is 16.5. The number of rotatable bonds is 3. The highest BCUT2D eigenvalue weighted by Gasteiger charge is 2.34. The van der Waals surface area contributed by atoms with Crippen molar-refractivity contribution in [3.8, 4) is 0 Å². The topological polar surface area (TPSA) is 73.3 Å². The van der Waals surface area contributed by atoms with E-state index in [0.717, 1.165) is 32.5 Å². The Labute approximate surface area is 125 Å². The fraction of sp³-hybridized carbons (Fsp3) is 0.857. The van der Waals surface area contributed by atoms with Gasteiger partial charge in [0.25, 0.3) is 0 Å². The van der Waals surface area contributed by atoms with Gasteiger partial charge in [0.15, 0.2) is 0 Å². The average Bonchev–Trinajstić information content (AvgIpc) is 2.46. The fourth-order valence-corrected chi connectivity index (χ4v) is 3.20. The Morgan fingerprint density at radius 3 is 2.48 bits per heavy atom. The van der Waals surface area contributed by atoms with Crippen molar-refractivity contribution < 1.29 is 19.4 Å². The van der Waals surface area contributed by atoms with Gasteiger partial charge in [-0.15, -0.1) is 0 Å². The zero-order chi connectivity index (χ0) is 15.4. The molecular weight excluding hydrogens is 274 g/mol. The lowest BCUT2D eigenvalue weighted by Gasteiger charge is -2.44. The molecule has 2 fully saturated rings. The number of piperidine rings is 1. The van der Waals surface area contributed by atoms with E-state index in [1.807, 2.05) is 4.90 Å². The Bertz CT molecular complexity index is 380. The van der Waals surface area contributed by atoms with Crippen molar-refractivity contribution in [2.45, 2.75) is 31.3 Å². The standard InChI is InChI=1S/C14H25N3O4/c1-15(2)14(20)16-5-3-11(4-6-16)17-7-8-21-10-12(17)9-13(18)19/h11-12H,3-10H2,1-2H3,(H,18,19). The van der Waals surface area contributed by atoms with Gasteiger partial charge in [-0.25, -0.2) is 4.79 Å². The number of ether oxygens (including phenoxy) is 1. The molecule has 1 N–H and O–H groups in total. The normalized spacial score (nSPS) is 24.9. The van der Waals surface area contributed by atoms with Crippen molar-refractivity contribution >= 4 is 12.0 Å². The third-order valence-corrected chi connectivity index (χ3v) is 4.27. The van der Waals surface area contributed by atoms with Crippen molar-refractivity contribution in [3.05, 3.63) is 0 Å². The van der Waals surface area contributed by atoms with E-state index < -0.39 is 5.97 Å². The molecule has 2 amide bonds. The second-order valence-corrected chi connectivity index (χ2v) is 5.96. The Morgan fingerprint density at radius 2 is 1.90 bits per heavy atom. The monoisotopic (exact) mass is 299 g/mol. The lowest BCUT2D eigenvalue weighted by molar-refractivity contribution is -0.141. The van der Waals surface area contributed by atoms with Crippen LogP contribution in [0.3, 0.4) is 0 Å². The summed E-state index contributed by atoms with van der Waals surface area (Å²) >= 11 is 0. The molecule has 7 heteroatoms. The van der Waals surface area contributed by atoms with Crippen LogP contribution < -0.4 is 0 Å². The second kappa shape index (κ2) is 7.09. The Morgan fingerprint density at radius 1 is 1.24 bits per heavy atom. The van der Waals surface area contributed by atoms with Crippen molar-refractivity contribution in [2.75, 3.05) is 46.9 Å². The first-order valence-corrected chi connectivity index (χ1v) is 7.50. The van der Waals surface area contributed by atoms with Gasteiger partial charge in [0.05, 0.1) is 19.6 Å². The molecule has 0 aromatic rings. The fourth-order valence-electron chi connectivity index (χ4n) is 3.20. The van der Waals surface area contributed by atoms with Crippen LogP contribution in [0.25, 0.3) is 0 Å². The molecule has 120 valence electrons. The zero-order valence-electron chi connectivity index (χ0n) is 12.8. The Kier molecular flexibility index (Phi) is 5.41. The van der Waals surface area contributed by atoms with E-state index in [4.69, 9.17) is 9.84 Å². The van der Waals surface area contributed by atoms with Crippen LogP contribution >= 0.6 is 0 Å². The Balaban J connectivity index is 1.90. The molecule has 1 unspecified atom stereocenters. The second-order valence-electron chi connectivity index (χ2n) is 5.96.